The molecule has 1 aromatic rings. The Hall–Kier alpha value is -0.610. The van der Waals surface area contributed by atoms with E-state index in [1.807, 2.05) is 18.2 Å². The molecule has 104 valence electrons. The monoisotopic (exact) mass is 341 g/mol. The van der Waals surface area contributed by atoms with E-state index in [1.165, 1.54) is 12.8 Å². The van der Waals surface area contributed by atoms with E-state index in [0.29, 0.717) is 16.5 Å². The molecule has 1 aliphatic carbocycles. The molecule has 1 aliphatic rings. The fourth-order valence-electron chi connectivity index (χ4n) is 2.45. The quantitative estimate of drug-likeness (QED) is 0.826. The van der Waals surface area contributed by atoms with Crippen LogP contribution in [0.25, 0.3) is 0 Å². The predicted molar refractivity (Wildman–Crippen MR) is 86.7 cm³/mol. The van der Waals surface area contributed by atoms with E-state index in [0.717, 1.165) is 28.6 Å². The lowest BCUT2D eigenvalue weighted by molar-refractivity contribution is 0.0987. The molecule has 19 heavy (non-hydrogen) atoms. The van der Waals surface area contributed by atoms with Crippen LogP contribution in [0.4, 0.5) is 0 Å². The maximum atomic E-state index is 6.05. The number of rotatable bonds is 3. The second kappa shape index (κ2) is 5.80. The third kappa shape index (κ3) is 3.93. The van der Waals surface area contributed by atoms with E-state index in [4.69, 9.17) is 22.7 Å². The number of benzene rings is 1. The largest absolute Gasteiger partial charge is 0.490 e. The average Bonchev–Trinajstić information content (AvgIpc) is 2.31. The Balaban J connectivity index is 2.01. The van der Waals surface area contributed by atoms with Crippen molar-refractivity contribution in [3.63, 3.8) is 0 Å². The van der Waals surface area contributed by atoms with Crippen molar-refractivity contribution in [3.8, 4) is 5.75 Å². The molecule has 4 heteroatoms. The van der Waals surface area contributed by atoms with Crippen molar-refractivity contribution in [2.24, 2.45) is 11.1 Å². The van der Waals surface area contributed by atoms with Crippen molar-refractivity contribution in [3.05, 3.63) is 28.2 Å². The topological polar surface area (TPSA) is 35.2 Å². The van der Waals surface area contributed by atoms with Crippen molar-refractivity contribution in [2.75, 3.05) is 0 Å². The Bertz CT molecular complexity index is 477. The standard InChI is InChI=1S/C15H20BrNOS/c1-15(2)7-5-10(6-8-15)18-11-3-4-12(14(17)19)13(16)9-11/h3-4,9-10H,5-8H2,1-2H3,(H2,17,19). The van der Waals surface area contributed by atoms with Gasteiger partial charge in [-0.05, 0) is 65.2 Å². The number of halogens is 1. The van der Waals surface area contributed by atoms with Gasteiger partial charge < -0.3 is 10.5 Å². The van der Waals surface area contributed by atoms with Crippen molar-refractivity contribution in [1.29, 1.82) is 0 Å². The molecular formula is C15H20BrNOS. The zero-order chi connectivity index (χ0) is 14.0. The zero-order valence-electron chi connectivity index (χ0n) is 11.4. The summed E-state index contributed by atoms with van der Waals surface area (Å²) in [5, 5.41) is 0. The molecule has 2 nitrogen and oxygen atoms in total. The molecule has 1 aromatic carbocycles. The highest BCUT2D eigenvalue weighted by molar-refractivity contribution is 9.10. The first-order valence-electron chi connectivity index (χ1n) is 6.63. The van der Waals surface area contributed by atoms with Crippen LogP contribution in [0.5, 0.6) is 5.75 Å². The van der Waals surface area contributed by atoms with Gasteiger partial charge in [-0.3, -0.25) is 0 Å². The first-order valence-corrected chi connectivity index (χ1v) is 7.83. The summed E-state index contributed by atoms with van der Waals surface area (Å²) < 4.78 is 6.95. The van der Waals surface area contributed by atoms with Gasteiger partial charge in [0, 0.05) is 10.0 Å². The van der Waals surface area contributed by atoms with Gasteiger partial charge in [-0.15, -0.1) is 0 Å². The van der Waals surface area contributed by atoms with Gasteiger partial charge in [-0.1, -0.05) is 26.1 Å². The molecule has 0 radical (unpaired) electrons. The molecule has 0 atom stereocenters. The van der Waals surface area contributed by atoms with Crippen LogP contribution >= 0.6 is 28.1 Å². The van der Waals surface area contributed by atoms with Crippen molar-refractivity contribution in [2.45, 2.75) is 45.6 Å². The third-order valence-corrected chi connectivity index (χ3v) is 4.67. The van der Waals surface area contributed by atoms with Crippen LogP contribution in [0.3, 0.4) is 0 Å². The summed E-state index contributed by atoms with van der Waals surface area (Å²) in [5.41, 5.74) is 6.96. The summed E-state index contributed by atoms with van der Waals surface area (Å²) in [6, 6.07) is 5.81. The molecule has 2 rings (SSSR count). The Kier molecular flexibility index (Phi) is 4.51. The van der Waals surface area contributed by atoms with Crippen molar-refractivity contribution < 1.29 is 4.74 Å². The second-order valence-electron chi connectivity index (χ2n) is 5.99. The summed E-state index contributed by atoms with van der Waals surface area (Å²) in [7, 11) is 0. The molecule has 0 aromatic heterocycles. The fraction of sp³-hybridized carbons (Fsp3) is 0.533. The summed E-state index contributed by atoms with van der Waals surface area (Å²) in [5.74, 6) is 0.886. The lowest BCUT2D eigenvalue weighted by Gasteiger charge is -2.34. The predicted octanol–water partition coefficient (Wildman–Crippen LogP) is 4.43. The molecule has 0 spiro atoms. The molecule has 0 unspecified atom stereocenters. The van der Waals surface area contributed by atoms with Gasteiger partial charge in [-0.25, -0.2) is 0 Å². The van der Waals surface area contributed by atoms with Gasteiger partial charge in [0.1, 0.15) is 10.7 Å². The number of thiocarbonyl (C=S) groups is 1. The first-order chi connectivity index (χ1) is 8.87. The minimum Gasteiger partial charge on any atom is -0.490 e. The second-order valence-corrected chi connectivity index (χ2v) is 7.28. The third-order valence-electron chi connectivity index (χ3n) is 3.79. The Labute approximate surface area is 128 Å². The van der Waals surface area contributed by atoms with Crippen LogP contribution in [0.15, 0.2) is 22.7 Å². The lowest BCUT2D eigenvalue weighted by Crippen LogP contribution is -2.28. The molecule has 0 saturated heterocycles. The van der Waals surface area contributed by atoms with Crippen LogP contribution in [0.2, 0.25) is 0 Å². The molecule has 1 saturated carbocycles. The maximum Gasteiger partial charge on any atom is 0.120 e. The SMILES string of the molecule is CC1(C)CCC(Oc2ccc(C(N)=S)c(Br)c2)CC1. The van der Waals surface area contributed by atoms with Gasteiger partial charge >= 0.3 is 0 Å². The van der Waals surface area contributed by atoms with Gasteiger partial charge in [0.15, 0.2) is 0 Å². The minimum absolute atomic E-state index is 0.329. The van der Waals surface area contributed by atoms with E-state index in [-0.39, 0.29) is 0 Å². The highest BCUT2D eigenvalue weighted by Crippen LogP contribution is 2.37. The average molecular weight is 342 g/mol. The van der Waals surface area contributed by atoms with Crippen molar-refractivity contribution in [1.82, 2.24) is 0 Å². The molecule has 2 N–H and O–H groups in total. The molecule has 1 fully saturated rings. The molecule has 0 amide bonds. The number of hydrogen-bond acceptors (Lipinski definition) is 2. The fourth-order valence-corrected chi connectivity index (χ4v) is 3.33. The van der Waals surface area contributed by atoms with Gasteiger partial charge in [0.05, 0.1) is 6.10 Å². The van der Waals surface area contributed by atoms with E-state index in [2.05, 4.69) is 29.8 Å². The Morgan fingerprint density at radius 2 is 2.00 bits per heavy atom. The summed E-state index contributed by atoms with van der Waals surface area (Å²) in [4.78, 5) is 0.401. The minimum atomic E-state index is 0.329. The lowest BCUT2D eigenvalue weighted by atomic mass is 9.76. The summed E-state index contributed by atoms with van der Waals surface area (Å²) in [6.07, 6.45) is 5.03. The summed E-state index contributed by atoms with van der Waals surface area (Å²) in [6.45, 7) is 4.66. The van der Waals surface area contributed by atoms with Gasteiger partial charge in [-0.2, -0.15) is 0 Å². The van der Waals surface area contributed by atoms with Crippen LogP contribution in [-0.2, 0) is 0 Å². The van der Waals surface area contributed by atoms with E-state index in [9.17, 15) is 0 Å². The number of ether oxygens (including phenoxy) is 1. The Morgan fingerprint density at radius 1 is 1.37 bits per heavy atom. The molecular weight excluding hydrogens is 322 g/mol. The van der Waals surface area contributed by atoms with E-state index in [1.54, 1.807) is 0 Å². The molecule has 0 bridgehead atoms. The summed E-state index contributed by atoms with van der Waals surface area (Å²) >= 11 is 8.47. The normalized spacial score (nSPS) is 19.1. The first kappa shape index (κ1) is 14.8. The van der Waals surface area contributed by atoms with Crippen LogP contribution in [0.1, 0.15) is 45.1 Å². The highest BCUT2D eigenvalue weighted by atomic mass is 79.9. The smallest absolute Gasteiger partial charge is 0.120 e. The number of hydrogen-bond donors (Lipinski definition) is 1. The van der Waals surface area contributed by atoms with Crippen LogP contribution < -0.4 is 10.5 Å². The maximum absolute atomic E-state index is 6.05. The van der Waals surface area contributed by atoms with E-state index >= 15 is 0 Å². The van der Waals surface area contributed by atoms with Gasteiger partial charge in [0.2, 0.25) is 0 Å². The van der Waals surface area contributed by atoms with Crippen LogP contribution in [-0.4, -0.2) is 11.1 Å². The Morgan fingerprint density at radius 3 is 2.53 bits per heavy atom. The van der Waals surface area contributed by atoms with Crippen LogP contribution in [0, 0.1) is 5.41 Å². The molecule has 0 heterocycles. The zero-order valence-corrected chi connectivity index (χ0v) is 13.8. The molecule has 0 aliphatic heterocycles. The number of nitrogens with two attached hydrogens (primary N) is 1. The van der Waals surface area contributed by atoms with Gasteiger partial charge in [0.25, 0.3) is 0 Å². The van der Waals surface area contributed by atoms with E-state index < -0.39 is 0 Å². The highest BCUT2D eigenvalue weighted by Gasteiger charge is 2.27. The van der Waals surface area contributed by atoms with Crippen molar-refractivity contribution >= 4 is 33.1 Å².